The van der Waals surface area contributed by atoms with E-state index >= 15 is 0 Å². The van der Waals surface area contributed by atoms with Crippen LogP contribution in [-0.2, 0) is 9.53 Å². The molecule has 2 N–H and O–H groups in total. The molecule has 0 radical (unpaired) electrons. The molecule has 1 aliphatic heterocycles. The average molecular weight is 188 g/mol. The topological polar surface area (TPSA) is 66.8 Å². The maximum absolute atomic E-state index is 11.1. The minimum atomic E-state index is -0.806. The van der Waals surface area contributed by atoms with Gasteiger partial charge in [0.05, 0.1) is 5.92 Å². The monoisotopic (exact) mass is 188 g/mol. The SMILES string of the molecule is CC1C(=O)O[C@@](C)(CCCO)C1O. The zero-order chi connectivity index (χ0) is 10.1. The number of aliphatic hydroxyl groups is 2. The molecule has 0 aromatic heterocycles. The predicted molar refractivity (Wildman–Crippen MR) is 46.0 cm³/mol. The lowest BCUT2D eigenvalue weighted by Gasteiger charge is -2.26. The minimum Gasteiger partial charge on any atom is -0.456 e. The van der Waals surface area contributed by atoms with E-state index in [4.69, 9.17) is 9.84 Å². The highest BCUT2D eigenvalue weighted by Gasteiger charge is 2.49. The van der Waals surface area contributed by atoms with Gasteiger partial charge in [-0.2, -0.15) is 0 Å². The fourth-order valence-electron chi connectivity index (χ4n) is 1.67. The molecule has 4 heteroatoms. The van der Waals surface area contributed by atoms with E-state index in [0.29, 0.717) is 12.8 Å². The molecule has 0 spiro atoms. The summed E-state index contributed by atoms with van der Waals surface area (Å²) in [6.45, 7) is 3.40. The summed E-state index contributed by atoms with van der Waals surface area (Å²) in [5.74, 6) is -0.809. The molecule has 2 unspecified atom stereocenters. The standard InChI is InChI=1S/C9H16O4/c1-6-7(11)9(2,4-3-5-10)13-8(6)12/h6-7,10-11H,3-5H2,1-2H3/t6?,7?,9-/m0/s1. The van der Waals surface area contributed by atoms with Crippen LogP contribution >= 0.6 is 0 Å². The smallest absolute Gasteiger partial charge is 0.312 e. The van der Waals surface area contributed by atoms with E-state index in [-0.39, 0.29) is 12.6 Å². The molecule has 1 saturated heterocycles. The lowest BCUT2D eigenvalue weighted by Crippen LogP contribution is -2.38. The maximum Gasteiger partial charge on any atom is 0.312 e. The first-order valence-corrected chi connectivity index (χ1v) is 4.53. The first-order valence-electron chi connectivity index (χ1n) is 4.53. The van der Waals surface area contributed by atoms with Crippen molar-refractivity contribution in [3.05, 3.63) is 0 Å². The van der Waals surface area contributed by atoms with E-state index in [2.05, 4.69) is 0 Å². The Kier molecular flexibility index (Phi) is 2.93. The second kappa shape index (κ2) is 3.64. The van der Waals surface area contributed by atoms with Gasteiger partial charge >= 0.3 is 5.97 Å². The van der Waals surface area contributed by atoms with Gasteiger partial charge in [0, 0.05) is 6.61 Å². The van der Waals surface area contributed by atoms with E-state index in [1.165, 1.54) is 0 Å². The molecular formula is C9H16O4. The molecule has 0 aromatic carbocycles. The van der Waals surface area contributed by atoms with Crippen molar-refractivity contribution in [2.45, 2.75) is 38.4 Å². The minimum absolute atomic E-state index is 0.0498. The van der Waals surface area contributed by atoms with Crippen LogP contribution in [0, 0.1) is 5.92 Å². The lowest BCUT2D eigenvalue weighted by molar-refractivity contribution is -0.151. The van der Waals surface area contributed by atoms with Gasteiger partial charge in [-0.15, -0.1) is 0 Å². The van der Waals surface area contributed by atoms with E-state index in [9.17, 15) is 9.90 Å². The summed E-state index contributed by atoms with van der Waals surface area (Å²) in [4.78, 5) is 11.1. The Balaban J connectivity index is 2.64. The summed E-state index contributed by atoms with van der Waals surface area (Å²) >= 11 is 0. The number of cyclic esters (lactones) is 1. The Morgan fingerprint density at radius 2 is 2.23 bits per heavy atom. The third kappa shape index (κ3) is 1.84. The first kappa shape index (κ1) is 10.5. The van der Waals surface area contributed by atoms with Gasteiger partial charge in [0.25, 0.3) is 0 Å². The molecular weight excluding hydrogens is 172 g/mol. The van der Waals surface area contributed by atoms with Gasteiger partial charge in [-0.3, -0.25) is 4.79 Å². The normalized spacial score (nSPS) is 39.2. The quantitative estimate of drug-likeness (QED) is 0.615. The molecule has 1 fully saturated rings. The Bertz CT molecular complexity index is 204. The fourth-order valence-corrected chi connectivity index (χ4v) is 1.67. The van der Waals surface area contributed by atoms with Crippen molar-refractivity contribution < 1.29 is 19.7 Å². The van der Waals surface area contributed by atoms with Crippen molar-refractivity contribution in [3.8, 4) is 0 Å². The Labute approximate surface area is 77.5 Å². The molecule has 0 aromatic rings. The van der Waals surface area contributed by atoms with Crippen molar-refractivity contribution in [2.24, 2.45) is 5.92 Å². The summed E-state index contributed by atoms with van der Waals surface area (Å²) in [5, 5.41) is 18.3. The predicted octanol–water partition coefficient (Wildman–Crippen LogP) is 0.0714. The first-order chi connectivity index (χ1) is 6.01. The van der Waals surface area contributed by atoms with Gasteiger partial charge < -0.3 is 14.9 Å². The summed E-state index contributed by atoms with van der Waals surface area (Å²) in [5.41, 5.74) is -0.806. The molecule has 0 saturated carbocycles. The number of carbonyl (C=O) groups is 1. The highest BCUT2D eigenvalue weighted by atomic mass is 16.6. The summed E-state index contributed by atoms with van der Waals surface area (Å²) in [6, 6.07) is 0. The van der Waals surface area contributed by atoms with Gasteiger partial charge in [-0.1, -0.05) is 0 Å². The molecule has 3 atom stereocenters. The molecule has 13 heavy (non-hydrogen) atoms. The number of esters is 1. The van der Waals surface area contributed by atoms with Crippen LogP contribution in [0.25, 0.3) is 0 Å². The van der Waals surface area contributed by atoms with Gasteiger partial charge in [0.1, 0.15) is 11.7 Å². The third-order valence-electron chi connectivity index (χ3n) is 2.64. The van der Waals surface area contributed by atoms with E-state index in [1.54, 1.807) is 13.8 Å². The zero-order valence-corrected chi connectivity index (χ0v) is 7.99. The molecule has 1 heterocycles. The number of rotatable bonds is 3. The van der Waals surface area contributed by atoms with Crippen LogP contribution in [0.4, 0.5) is 0 Å². The molecule has 0 aliphatic carbocycles. The van der Waals surface area contributed by atoms with Crippen LogP contribution in [0.3, 0.4) is 0 Å². The van der Waals surface area contributed by atoms with Gasteiger partial charge in [-0.05, 0) is 26.7 Å². The molecule has 4 nitrogen and oxygen atoms in total. The Hall–Kier alpha value is -0.610. The third-order valence-corrected chi connectivity index (χ3v) is 2.64. The average Bonchev–Trinajstić information content (AvgIpc) is 2.28. The molecule has 0 bridgehead atoms. The van der Waals surface area contributed by atoms with Crippen LogP contribution in [-0.4, -0.2) is 34.5 Å². The van der Waals surface area contributed by atoms with Crippen LogP contribution in [0.15, 0.2) is 0 Å². The van der Waals surface area contributed by atoms with Gasteiger partial charge in [-0.25, -0.2) is 0 Å². The number of hydrogen-bond acceptors (Lipinski definition) is 4. The maximum atomic E-state index is 11.1. The second-order valence-corrected chi connectivity index (χ2v) is 3.79. The largest absolute Gasteiger partial charge is 0.456 e. The van der Waals surface area contributed by atoms with Crippen molar-refractivity contribution in [1.29, 1.82) is 0 Å². The van der Waals surface area contributed by atoms with Crippen LogP contribution in [0.2, 0.25) is 0 Å². The Morgan fingerprint density at radius 3 is 2.62 bits per heavy atom. The number of aliphatic hydroxyl groups excluding tert-OH is 2. The Morgan fingerprint density at radius 1 is 1.62 bits per heavy atom. The molecule has 0 amide bonds. The number of ether oxygens (including phenoxy) is 1. The van der Waals surface area contributed by atoms with Crippen LogP contribution < -0.4 is 0 Å². The van der Waals surface area contributed by atoms with Gasteiger partial charge in [0.2, 0.25) is 0 Å². The van der Waals surface area contributed by atoms with E-state index < -0.39 is 17.6 Å². The molecule has 76 valence electrons. The number of carbonyl (C=O) groups excluding carboxylic acids is 1. The summed E-state index contributed by atoms with van der Waals surface area (Å²) < 4.78 is 5.08. The van der Waals surface area contributed by atoms with Crippen molar-refractivity contribution in [3.63, 3.8) is 0 Å². The summed E-state index contributed by atoms with van der Waals surface area (Å²) in [7, 11) is 0. The van der Waals surface area contributed by atoms with Crippen molar-refractivity contribution in [2.75, 3.05) is 6.61 Å². The van der Waals surface area contributed by atoms with Gasteiger partial charge in [0.15, 0.2) is 0 Å². The van der Waals surface area contributed by atoms with E-state index in [0.717, 1.165) is 0 Å². The zero-order valence-electron chi connectivity index (χ0n) is 7.99. The molecule has 1 rings (SSSR count). The van der Waals surface area contributed by atoms with Crippen LogP contribution in [0.1, 0.15) is 26.7 Å². The lowest BCUT2D eigenvalue weighted by atomic mass is 9.89. The van der Waals surface area contributed by atoms with E-state index in [1.807, 2.05) is 0 Å². The molecule has 1 aliphatic rings. The van der Waals surface area contributed by atoms with Crippen LogP contribution in [0.5, 0.6) is 0 Å². The highest BCUT2D eigenvalue weighted by molar-refractivity contribution is 5.76. The van der Waals surface area contributed by atoms with Crippen molar-refractivity contribution >= 4 is 5.97 Å². The highest BCUT2D eigenvalue weighted by Crippen LogP contribution is 2.34. The summed E-state index contributed by atoms with van der Waals surface area (Å²) in [6.07, 6.45) is 0.278. The second-order valence-electron chi connectivity index (χ2n) is 3.79. The number of hydrogen-bond donors (Lipinski definition) is 2. The fraction of sp³-hybridized carbons (Fsp3) is 0.889. The van der Waals surface area contributed by atoms with Crippen molar-refractivity contribution in [1.82, 2.24) is 0 Å².